The number of carbonyl (C=O) groups excluding carboxylic acids is 1. The number of aryl methyl sites for hydroxylation is 2. The van der Waals surface area contributed by atoms with Gasteiger partial charge in [0, 0.05) is 25.4 Å². The molecule has 2 amide bonds. The third-order valence-electron chi connectivity index (χ3n) is 3.08. The zero-order valence-corrected chi connectivity index (χ0v) is 12.4. The number of nitrogens with one attached hydrogen (secondary N) is 2. The molecule has 21 heavy (non-hydrogen) atoms. The first-order valence-corrected chi connectivity index (χ1v) is 6.65. The van der Waals surface area contributed by atoms with Gasteiger partial charge in [0.05, 0.1) is 12.7 Å². The molecule has 0 bridgehead atoms. The fourth-order valence-corrected chi connectivity index (χ4v) is 1.87. The van der Waals surface area contributed by atoms with Crippen LogP contribution in [-0.4, -0.2) is 27.5 Å². The van der Waals surface area contributed by atoms with Gasteiger partial charge in [-0.1, -0.05) is 0 Å². The summed E-state index contributed by atoms with van der Waals surface area (Å²) in [5, 5.41) is 19.6. The Kier molecular flexibility index (Phi) is 4.32. The van der Waals surface area contributed by atoms with E-state index in [-0.39, 0.29) is 12.6 Å². The molecule has 3 N–H and O–H groups in total. The van der Waals surface area contributed by atoms with E-state index in [0.717, 1.165) is 5.56 Å². The second kappa shape index (κ2) is 6.01. The second-order valence-corrected chi connectivity index (χ2v) is 5.24. The molecule has 0 saturated carbocycles. The van der Waals surface area contributed by atoms with Crippen molar-refractivity contribution in [3.63, 3.8) is 0 Å². The highest BCUT2D eigenvalue weighted by atomic mass is 16.4. The highest BCUT2D eigenvalue weighted by Crippen LogP contribution is 2.21. The standard InChI is InChI=1S/C14H20N4O3/c1-10-4-5-12(21-10)14(2,20)9-16-13(19)15-6-11-7-17-18(3)8-11/h4-5,7-8,20H,6,9H2,1-3H3,(H2,15,16,19). The summed E-state index contributed by atoms with van der Waals surface area (Å²) in [5.41, 5.74) is -0.346. The van der Waals surface area contributed by atoms with E-state index < -0.39 is 5.60 Å². The van der Waals surface area contributed by atoms with Gasteiger partial charge in [-0.2, -0.15) is 5.10 Å². The minimum absolute atomic E-state index is 0.0544. The van der Waals surface area contributed by atoms with Gasteiger partial charge in [0.15, 0.2) is 0 Å². The van der Waals surface area contributed by atoms with E-state index >= 15 is 0 Å². The number of furan rings is 1. The number of carbonyl (C=O) groups is 1. The van der Waals surface area contributed by atoms with E-state index in [4.69, 9.17) is 4.42 Å². The van der Waals surface area contributed by atoms with Gasteiger partial charge in [-0.15, -0.1) is 0 Å². The summed E-state index contributed by atoms with van der Waals surface area (Å²) in [4.78, 5) is 11.7. The van der Waals surface area contributed by atoms with Crippen molar-refractivity contribution < 1.29 is 14.3 Å². The molecule has 1 atom stereocenters. The first-order valence-electron chi connectivity index (χ1n) is 6.65. The predicted octanol–water partition coefficient (Wildman–Crippen LogP) is 1.03. The van der Waals surface area contributed by atoms with Crippen molar-refractivity contribution in [2.45, 2.75) is 26.0 Å². The number of nitrogens with zero attached hydrogens (tertiary/aromatic N) is 2. The molecule has 2 aromatic heterocycles. The SMILES string of the molecule is Cc1ccc(C(C)(O)CNC(=O)NCc2cnn(C)c2)o1. The van der Waals surface area contributed by atoms with Crippen LogP contribution in [-0.2, 0) is 19.2 Å². The van der Waals surface area contributed by atoms with Gasteiger partial charge < -0.3 is 20.2 Å². The molecule has 114 valence electrons. The van der Waals surface area contributed by atoms with Gasteiger partial charge in [-0.3, -0.25) is 4.68 Å². The monoisotopic (exact) mass is 292 g/mol. The molecular weight excluding hydrogens is 272 g/mol. The lowest BCUT2D eigenvalue weighted by molar-refractivity contribution is 0.0360. The predicted molar refractivity (Wildman–Crippen MR) is 76.5 cm³/mol. The summed E-state index contributed by atoms with van der Waals surface area (Å²) in [6.07, 6.45) is 3.50. The minimum atomic E-state index is -1.25. The summed E-state index contributed by atoms with van der Waals surface area (Å²) in [7, 11) is 1.81. The van der Waals surface area contributed by atoms with Gasteiger partial charge in [0.1, 0.15) is 17.1 Å². The maximum Gasteiger partial charge on any atom is 0.315 e. The van der Waals surface area contributed by atoms with Crippen LogP contribution in [0.25, 0.3) is 0 Å². The van der Waals surface area contributed by atoms with Crippen LogP contribution in [0.4, 0.5) is 4.79 Å². The van der Waals surface area contributed by atoms with Crippen LogP contribution in [0.2, 0.25) is 0 Å². The highest BCUT2D eigenvalue weighted by molar-refractivity contribution is 5.73. The summed E-state index contributed by atoms with van der Waals surface area (Å²) >= 11 is 0. The maximum atomic E-state index is 11.7. The van der Waals surface area contributed by atoms with E-state index in [9.17, 15) is 9.90 Å². The lowest BCUT2D eigenvalue weighted by Gasteiger charge is -2.21. The third-order valence-corrected chi connectivity index (χ3v) is 3.08. The summed E-state index contributed by atoms with van der Waals surface area (Å²) < 4.78 is 7.05. The molecule has 0 aromatic carbocycles. The second-order valence-electron chi connectivity index (χ2n) is 5.24. The molecule has 7 nitrogen and oxygen atoms in total. The number of urea groups is 1. The van der Waals surface area contributed by atoms with Gasteiger partial charge in [0.25, 0.3) is 0 Å². The fourth-order valence-electron chi connectivity index (χ4n) is 1.87. The van der Waals surface area contributed by atoms with Crippen LogP contribution in [0, 0.1) is 6.92 Å². The Morgan fingerprint density at radius 2 is 2.24 bits per heavy atom. The van der Waals surface area contributed by atoms with Crippen molar-refractivity contribution in [1.29, 1.82) is 0 Å². The van der Waals surface area contributed by atoms with E-state index in [2.05, 4.69) is 15.7 Å². The zero-order chi connectivity index (χ0) is 15.5. The summed E-state index contributed by atoms with van der Waals surface area (Å²) in [6.45, 7) is 3.82. The molecule has 0 radical (unpaired) electrons. The van der Waals surface area contributed by atoms with Gasteiger partial charge in [-0.05, 0) is 26.0 Å². The lowest BCUT2D eigenvalue weighted by atomic mass is 10.0. The van der Waals surface area contributed by atoms with E-state index in [1.165, 1.54) is 0 Å². The molecule has 0 aliphatic rings. The molecule has 2 heterocycles. The van der Waals surface area contributed by atoms with Gasteiger partial charge in [-0.25, -0.2) is 4.79 Å². The van der Waals surface area contributed by atoms with Crippen LogP contribution in [0.5, 0.6) is 0 Å². The van der Waals surface area contributed by atoms with Crippen molar-refractivity contribution in [2.24, 2.45) is 7.05 Å². The number of hydrogen-bond acceptors (Lipinski definition) is 4. The first kappa shape index (κ1) is 15.1. The Hall–Kier alpha value is -2.28. The van der Waals surface area contributed by atoms with E-state index in [1.807, 2.05) is 13.2 Å². The topological polar surface area (TPSA) is 92.3 Å². The van der Waals surface area contributed by atoms with Crippen LogP contribution in [0.15, 0.2) is 28.9 Å². The van der Waals surface area contributed by atoms with Crippen LogP contribution >= 0.6 is 0 Å². The smallest absolute Gasteiger partial charge is 0.315 e. The molecule has 0 saturated heterocycles. The van der Waals surface area contributed by atoms with Crippen molar-refractivity contribution in [3.8, 4) is 0 Å². The Labute approximate surface area is 123 Å². The quantitative estimate of drug-likeness (QED) is 0.767. The number of aliphatic hydroxyl groups is 1. The third kappa shape index (κ3) is 4.09. The average Bonchev–Trinajstić information content (AvgIpc) is 3.03. The zero-order valence-electron chi connectivity index (χ0n) is 12.4. The summed E-state index contributed by atoms with van der Waals surface area (Å²) in [6, 6.07) is 3.11. The minimum Gasteiger partial charge on any atom is -0.463 e. The van der Waals surface area contributed by atoms with Crippen LogP contribution < -0.4 is 10.6 Å². The molecule has 2 aromatic rings. The van der Waals surface area contributed by atoms with Crippen molar-refractivity contribution in [1.82, 2.24) is 20.4 Å². The van der Waals surface area contributed by atoms with E-state index in [0.29, 0.717) is 18.1 Å². The fraction of sp³-hybridized carbons (Fsp3) is 0.429. The van der Waals surface area contributed by atoms with Crippen molar-refractivity contribution >= 4 is 6.03 Å². The Morgan fingerprint density at radius 3 is 2.81 bits per heavy atom. The number of rotatable bonds is 5. The van der Waals surface area contributed by atoms with Crippen LogP contribution in [0.1, 0.15) is 24.0 Å². The summed E-state index contributed by atoms with van der Waals surface area (Å²) in [5.74, 6) is 1.14. The molecule has 0 fully saturated rings. The van der Waals surface area contributed by atoms with Gasteiger partial charge in [0.2, 0.25) is 0 Å². The highest BCUT2D eigenvalue weighted by Gasteiger charge is 2.27. The Bertz CT molecular complexity index is 615. The molecule has 7 heteroatoms. The van der Waals surface area contributed by atoms with Gasteiger partial charge >= 0.3 is 6.03 Å². The number of aromatic nitrogens is 2. The molecule has 2 rings (SSSR count). The Balaban J connectivity index is 1.80. The molecule has 0 aliphatic carbocycles. The molecular formula is C14H20N4O3. The Morgan fingerprint density at radius 1 is 1.48 bits per heavy atom. The molecule has 0 spiro atoms. The average molecular weight is 292 g/mol. The van der Waals surface area contributed by atoms with Crippen LogP contribution in [0.3, 0.4) is 0 Å². The van der Waals surface area contributed by atoms with E-state index in [1.54, 1.807) is 36.9 Å². The number of amides is 2. The first-order chi connectivity index (χ1) is 9.87. The van der Waals surface area contributed by atoms with Crippen molar-refractivity contribution in [3.05, 3.63) is 41.6 Å². The maximum absolute atomic E-state index is 11.7. The number of hydrogen-bond donors (Lipinski definition) is 3. The molecule has 0 aliphatic heterocycles. The van der Waals surface area contributed by atoms with Crippen molar-refractivity contribution in [2.75, 3.05) is 6.54 Å². The normalized spacial score (nSPS) is 13.7. The lowest BCUT2D eigenvalue weighted by Crippen LogP contribution is -2.43. The molecule has 1 unspecified atom stereocenters. The largest absolute Gasteiger partial charge is 0.463 e.